The minimum Gasteiger partial charge on any atom is -0.489 e. The van der Waals surface area contributed by atoms with Gasteiger partial charge in [0, 0.05) is 25.0 Å². The number of ether oxygens (including phenoxy) is 2. The summed E-state index contributed by atoms with van der Waals surface area (Å²) in [6.07, 6.45) is 4.88. The number of halogens is 1. The van der Waals surface area contributed by atoms with Crippen molar-refractivity contribution in [2.45, 2.75) is 66.0 Å². The predicted octanol–water partition coefficient (Wildman–Crippen LogP) is 6.47. The Balaban J connectivity index is 1.36. The zero-order chi connectivity index (χ0) is 22.9. The first kappa shape index (κ1) is 23.4. The van der Waals surface area contributed by atoms with Gasteiger partial charge in [-0.15, -0.1) is 0 Å². The Kier molecular flexibility index (Phi) is 7.02. The molecule has 4 nitrogen and oxygen atoms in total. The standard InChI is InChI=1S/C27H36ClNO3/c1-5-31-26(30)20-16-29(17-20)15-18-6-12-23-19(14-18)7-13-24(25(23)28)32-22-10-8-21(9-11-22)27(2,3)4/h6-7,12-14,20-22H,5,8-11,15-17H2,1-4H3/t21-,22-. The summed E-state index contributed by atoms with van der Waals surface area (Å²) in [4.78, 5) is 14.1. The average molecular weight is 458 g/mol. The van der Waals surface area contributed by atoms with Crippen LogP contribution < -0.4 is 4.74 Å². The van der Waals surface area contributed by atoms with Gasteiger partial charge in [-0.3, -0.25) is 9.69 Å². The van der Waals surface area contributed by atoms with Gasteiger partial charge in [-0.05, 0) is 67.0 Å². The number of nitrogens with zero attached hydrogens (tertiary/aromatic N) is 1. The van der Waals surface area contributed by atoms with Gasteiger partial charge in [0.1, 0.15) is 5.75 Å². The molecule has 2 aromatic rings. The van der Waals surface area contributed by atoms with Gasteiger partial charge in [-0.2, -0.15) is 0 Å². The van der Waals surface area contributed by atoms with Crippen molar-refractivity contribution in [3.05, 3.63) is 40.9 Å². The van der Waals surface area contributed by atoms with Crippen LogP contribution in [0.2, 0.25) is 5.02 Å². The number of carbonyl (C=O) groups is 1. The van der Waals surface area contributed by atoms with Crippen molar-refractivity contribution >= 4 is 28.3 Å². The number of hydrogen-bond acceptors (Lipinski definition) is 4. The molecular formula is C27H36ClNO3. The summed E-state index contributed by atoms with van der Waals surface area (Å²) in [6, 6.07) is 10.5. The van der Waals surface area contributed by atoms with E-state index in [-0.39, 0.29) is 18.0 Å². The molecule has 2 aliphatic rings. The lowest BCUT2D eigenvalue weighted by atomic mass is 9.72. The maximum absolute atomic E-state index is 11.8. The molecule has 174 valence electrons. The Morgan fingerprint density at radius 3 is 2.47 bits per heavy atom. The zero-order valence-corrected chi connectivity index (χ0v) is 20.6. The smallest absolute Gasteiger partial charge is 0.311 e. The van der Waals surface area contributed by atoms with Crippen LogP contribution in [0.15, 0.2) is 30.3 Å². The van der Waals surface area contributed by atoms with Crippen LogP contribution >= 0.6 is 11.6 Å². The fourth-order valence-corrected chi connectivity index (χ4v) is 5.38. The lowest BCUT2D eigenvalue weighted by molar-refractivity contribution is -0.154. The fraction of sp³-hybridized carbons (Fsp3) is 0.593. The zero-order valence-electron chi connectivity index (χ0n) is 19.8. The number of rotatable bonds is 6. The number of benzene rings is 2. The van der Waals surface area contributed by atoms with Gasteiger partial charge in [0.2, 0.25) is 0 Å². The quantitative estimate of drug-likeness (QED) is 0.466. The van der Waals surface area contributed by atoms with Gasteiger partial charge < -0.3 is 9.47 Å². The van der Waals surface area contributed by atoms with E-state index in [0.29, 0.717) is 17.0 Å². The predicted molar refractivity (Wildman–Crippen MR) is 130 cm³/mol. The Labute approximate surface area is 197 Å². The molecule has 1 saturated carbocycles. The largest absolute Gasteiger partial charge is 0.489 e. The van der Waals surface area contributed by atoms with Gasteiger partial charge in [0.25, 0.3) is 0 Å². The molecule has 0 bridgehead atoms. The highest BCUT2D eigenvalue weighted by Gasteiger charge is 2.33. The van der Waals surface area contributed by atoms with Crippen LogP contribution in [-0.2, 0) is 16.1 Å². The Morgan fingerprint density at radius 2 is 1.81 bits per heavy atom. The number of fused-ring (bicyclic) bond motifs is 1. The Morgan fingerprint density at radius 1 is 1.09 bits per heavy atom. The summed E-state index contributed by atoms with van der Waals surface area (Å²) < 4.78 is 11.5. The first-order chi connectivity index (χ1) is 15.2. The molecule has 0 atom stereocenters. The number of carbonyl (C=O) groups excluding carboxylic acids is 1. The minimum absolute atomic E-state index is 0.0167. The molecule has 0 spiro atoms. The van der Waals surface area contributed by atoms with Gasteiger partial charge >= 0.3 is 5.97 Å². The van der Waals surface area contributed by atoms with Crippen molar-refractivity contribution < 1.29 is 14.3 Å². The molecule has 32 heavy (non-hydrogen) atoms. The van der Waals surface area contributed by atoms with Crippen LogP contribution in [0.4, 0.5) is 0 Å². The molecule has 0 aromatic heterocycles. The van der Waals surface area contributed by atoms with Crippen molar-refractivity contribution in [1.29, 1.82) is 0 Å². The van der Waals surface area contributed by atoms with Gasteiger partial charge in [-0.1, -0.05) is 50.6 Å². The lowest BCUT2D eigenvalue weighted by Crippen LogP contribution is -2.50. The third-order valence-electron chi connectivity index (χ3n) is 7.16. The summed E-state index contributed by atoms with van der Waals surface area (Å²) in [6.45, 7) is 11.7. The molecule has 0 unspecified atom stereocenters. The van der Waals surface area contributed by atoms with E-state index in [1.807, 2.05) is 13.0 Å². The van der Waals surface area contributed by atoms with E-state index in [0.717, 1.165) is 54.9 Å². The second-order valence-corrected chi connectivity index (χ2v) is 10.9. The average Bonchev–Trinajstić information content (AvgIpc) is 2.72. The van der Waals surface area contributed by atoms with Gasteiger partial charge in [0.15, 0.2) is 0 Å². The highest BCUT2D eigenvalue weighted by atomic mass is 35.5. The normalized spacial score (nSPS) is 22.5. The molecule has 4 rings (SSSR count). The molecule has 0 radical (unpaired) electrons. The SMILES string of the molecule is CCOC(=O)C1CN(Cc2ccc3c(Cl)c(O[C@H]4CC[C@H](C(C)(C)C)CC4)ccc3c2)C1. The van der Waals surface area contributed by atoms with Gasteiger partial charge in [-0.25, -0.2) is 0 Å². The molecule has 1 aliphatic carbocycles. The van der Waals surface area contributed by atoms with Crippen LogP contribution in [0.3, 0.4) is 0 Å². The molecule has 5 heteroatoms. The number of likely N-dealkylation sites (tertiary alicyclic amines) is 1. The topological polar surface area (TPSA) is 38.8 Å². The van der Waals surface area contributed by atoms with Crippen molar-refractivity contribution in [1.82, 2.24) is 4.90 Å². The van der Waals surface area contributed by atoms with Crippen molar-refractivity contribution in [2.75, 3.05) is 19.7 Å². The molecule has 2 fully saturated rings. The minimum atomic E-state index is -0.0755. The summed E-state index contributed by atoms with van der Waals surface area (Å²) in [5.41, 5.74) is 1.60. The first-order valence-corrected chi connectivity index (χ1v) is 12.4. The Bertz CT molecular complexity index is 953. The summed E-state index contributed by atoms with van der Waals surface area (Å²) >= 11 is 6.76. The molecule has 2 aromatic carbocycles. The van der Waals surface area contributed by atoms with E-state index in [4.69, 9.17) is 21.1 Å². The number of hydrogen-bond donors (Lipinski definition) is 0. The van der Waals surface area contributed by atoms with E-state index in [1.165, 1.54) is 18.4 Å². The van der Waals surface area contributed by atoms with Crippen molar-refractivity contribution in [3.8, 4) is 5.75 Å². The van der Waals surface area contributed by atoms with E-state index >= 15 is 0 Å². The van der Waals surface area contributed by atoms with Crippen LogP contribution in [0, 0.1) is 17.3 Å². The highest BCUT2D eigenvalue weighted by molar-refractivity contribution is 6.37. The van der Waals surface area contributed by atoms with E-state index in [2.05, 4.69) is 49.9 Å². The van der Waals surface area contributed by atoms with Crippen LogP contribution in [0.25, 0.3) is 10.8 Å². The first-order valence-electron chi connectivity index (χ1n) is 12.0. The maximum atomic E-state index is 11.8. The fourth-order valence-electron chi connectivity index (χ4n) is 5.10. The Hall–Kier alpha value is -1.78. The molecular weight excluding hydrogens is 422 g/mol. The summed E-state index contributed by atoms with van der Waals surface area (Å²) in [5.74, 6) is 1.51. The second kappa shape index (κ2) is 9.61. The highest BCUT2D eigenvalue weighted by Crippen LogP contribution is 2.40. The van der Waals surface area contributed by atoms with Crippen LogP contribution in [-0.4, -0.2) is 36.7 Å². The molecule has 1 saturated heterocycles. The second-order valence-electron chi connectivity index (χ2n) is 10.5. The third-order valence-corrected chi connectivity index (χ3v) is 7.55. The number of esters is 1. The van der Waals surface area contributed by atoms with E-state index in [1.54, 1.807) is 0 Å². The molecule has 0 N–H and O–H groups in total. The van der Waals surface area contributed by atoms with Crippen LogP contribution in [0.5, 0.6) is 5.75 Å². The van der Waals surface area contributed by atoms with Crippen LogP contribution in [0.1, 0.15) is 58.9 Å². The van der Waals surface area contributed by atoms with Gasteiger partial charge in [0.05, 0.1) is 23.7 Å². The summed E-state index contributed by atoms with van der Waals surface area (Å²) in [5, 5.41) is 2.86. The monoisotopic (exact) mass is 457 g/mol. The van der Waals surface area contributed by atoms with E-state index < -0.39 is 0 Å². The van der Waals surface area contributed by atoms with Crippen molar-refractivity contribution in [3.63, 3.8) is 0 Å². The maximum Gasteiger partial charge on any atom is 0.311 e. The van der Waals surface area contributed by atoms with Crippen molar-refractivity contribution in [2.24, 2.45) is 17.3 Å². The lowest BCUT2D eigenvalue weighted by Gasteiger charge is -2.37. The van der Waals surface area contributed by atoms with E-state index in [9.17, 15) is 4.79 Å². The summed E-state index contributed by atoms with van der Waals surface area (Å²) in [7, 11) is 0. The molecule has 1 aliphatic heterocycles. The third kappa shape index (κ3) is 5.23. The molecule has 0 amide bonds. The molecule has 1 heterocycles.